The lowest BCUT2D eigenvalue weighted by molar-refractivity contribution is -0.134. The lowest BCUT2D eigenvalue weighted by Crippen LogP contribution is -2.46. The van der Waals surface area contributed by atoms with Gasteiger partial charge in [0, 0.05) is 30.0 Å². The van der Waals surface area contributed by atoms with Crippen molar-refractivity contribution in [2.24, 2.45) is 5.92 Å². The van der Waals surface area contributed by atoms with E-state index in [-0.39, 0.29) is 30.2 Å². The van der Waals surface area contributed by atoms with Crippen LogP contribution >= 0.6 is 15.9 Å². The molecule has 0 radical (unpaired) electrons. The van der Waals surface area contributed by atoms with Crippen LogP contribution in [0.2, 0.25) is 0 Å². The number of hydrogen-bond acceptors (Lipinski definition) is 3. The molecule has 29 heavy (non-hydrogen) atoms. The molecule has 1 aliphatic heterocycles. The Morgan fingerprint density at radius 1 is 0.931 bits per heavy atom. The van der Waals surface area contributed by atoms with Crippen molar-refractivity contribution in [1.82, 2.24) is 15.5 Å². The Morgan fingerprint density at radius 3 is 2.28 bits per heavy atom. The summed E-state index contributed by atoms with van der Waals surface area (Å²) in [5, 5.41) is 5.64. The third kappa shape index (κ3) is 5.90. The second-order valence-electron chi connectivity index (χ2n) is 7.02. The van der Waals surface area contributed by atoms with E-state index >= 15 is 0 Å². The zero-order valence-corrected chi connectivity index (χ0v) is 17.7. The molecule has 1 saturated heterocycles. The van der Waals surface area contributed by atoms with Gasteiger partial charge in [-0.2, -0.15) is 0 Å². The molecule has 2 N–H and O–H groups in total. The molecular formula is C22H24BrN3O3. The highest BCUT2D eigenvalue weighted by atomic mass is 79.9. The van der Waals surface area contributed by atoms with Crippen LogP contribution in [0.3, 0.4) is 0 Å². The first-order chi connectivity index (χ1) is 14.0. The van der Waals surface area contributed by atoms with Crippen molar-refractivity contribution in [2.75, 3.05) is 19.6 Å². The average Bonchev–Trinajstić information content (AvgIpc) is 2.76. The van der Waals surface area contributed by atoms with Gasteiger partial charge in [0.05, 0.1) is 12.1 Å². The van der Waals surface area contributed by atoms with Crippen molar-refractivity contribution in [1.29, 1.82) is 0 Å². The highest BCUT2D eigenvalue weighted by Gasteiger charge is 2.27. The minimum Gasteiger partial charge on any atom is -0.352 e. The van der Waals surface area contributed by atoms with E-state index < -0.39 is 0 Å². The molecule has 3 rings (SSSR count). The van der Waals surface area contributed by atoms with Gasteiger partial charge in [-0.25, -0.2) is 0 Å². The first-order valence-electron chi connectivity index (χ1n) is 9.66. The quantitative estimate of drug-likeness (QED) is 0.699. The fourth-order valence-electron chi connectivity index (χ4n) is 3.33. The van der Waals surface area contributed by atoms with Crippen LogP contribution in [-0.4, -0.2) is 42.3 Å². The number of carbonyl (C=O) groups is 3. The van der Waals surface area contributed by atoms with Crippen LogP contribution in [0.4, 0.5) is 0 Å². The third-order valence-corrected chi connectivity index (χ3v) is 5.74. The molecular weight excluding hydrogens is 434 g/mol. The summed E-state index contributed by atoms with van der Waals surface area (Å²) in [6, 6.07) is 16.9. The van der Waals surface area contributed by atoms with Gasteiger partial charge in [-0.15, -0.1) is 0 Å². The predicted molar refractivity (Wildman–Crippen MR) is 114 cm³/mol. The molecule has 3 amide bonds. The molecule has 0 unspecified atom stereocenters. The minimum atomic E-state index is -0.291. The van der Waals surface area contributed by atoms with Crippen LogP contribution < -0.4 is 10.6 Å². The van der Waals surface area contributed by atoms with E-state index in [0.29, 0.717) is 42.5 Å². The Hall–Kier alpha value is -2.67. The maximum Gasteiger partial charge on any atom is 0.252 e. The number of piperidine rings is 1. The Morgan fingerprint density at radius 2 is 1.59 bits per heavy atom. The number of hydrogen-bond donors (Lipinski definition) is 2. The van der Waals surface area contributed by atoms with Crippen molar-refractivity contribution >= 4 is 33.7 Å². The smallest absolute Gasteiger partial charge is 0.252 e. The average molecular weight is 458 g/mol. The summed E-state index contributed by atoms with van der Waals surface area (Å²) in [6.45, 7) is 1.51. The van der Waals surface area contributed by atoms with E-state index in [1.54, 1.807) is 23.1 Å². The van der Waals surface area contributed by atoms with Crippen LogP contribution in [0.25, 0.3) is 0 Å². The molecule has 2 aromatic carbocycles. The van der Waals surface area contributed by atoms with Crippen molar-refractivity contribution in [3.63, 3.8) is 0 Å². The summed E-state index contributed by atoms with van der Waals surface area (Å²) in [5.74, 6) is -0.477. The maximum absolute atomic E-state index is 12.4. The zero-order valence-electron chi connectivity index (χ0n) is 16.1. The van der Waals surface area contributed by atoms with E-state index in [2.05, 4.69) is 26.6 Å². The summed E-state index contributed by atoms with van der Waals surface area (Å²) in [5.41, 5.74) is 1.56. The van der Waals surface area contributed by atoms with Crippen molar-refractivity contribution < 1.29 is 14.4 Å². The van der Waals surface area contributed by atoms with Crippen LogP contribution in [-0.2, 0) is 16.1 Å². The first kappa shape index (κ1) is 21.0. The number of amides is 3. The SMILES string of the molecule is O=C(NCC(=O)N1CCC(C(=O)NCc2ccccc2)CC1)c1ccccc1Br. The van der Waals surface area contributed by atoms with E-state index in [9.17, 15) is 14.4 Å². The largest absolute Gasteiger partial charge is 0.352 e. The van der Waals surface area contributed by atoms with Crippen molar-refractivity contribution in [3.8, 4) is 0 Å². The van der Waals surface area contributed by atoms with Crippen LogP contribution in [0.5, 0.6) is 0 Å². The van der Waals surface area contributed by atoms with Gasteiger partial charge in [0.25, 0.3) is 5.91 Å². The summed E-state index contributed by atoms with van der Waals surface area (Å²) >= 11 is 3.33. The summed E-state index contributed by atoms with van der Waals surface area (Å²) in [7, 11) is 0. The monoisotopic (exact) mass is 457 g/mol. The topological polar surface area (TPSA) is 78.5 Å². The molecule has 6 nitrogen and oxygen atoms in total. The van der Waals surface area contributed by atoms with Crippen LogP contribution in [0.1, 0.15) is 28.8 Å². The minimum absolute atomic E-state index is 0.0307. The van der Waals surface area contributed by atoms with Crippen molar-refractivity contribution in [2.45, 2.75) is 19.4 Å². The van der Waals surface area contributed by atoms with Gasteiger partial charge >= 0.3 is 0 Å². The lowest BCUT2D eigenvalue weighted by Gasteiger charge is -2.31. The predicted octanol–water partition coefficient (Wildman–Crippen LogP) is 2.73. The molecule has 152 valence electrons. The van der Waals surface area contributed by atoms with E-state index in [1.807, 2.05) is 36.4 Å². The Labute approximate surface area is 178 Å². The standard InChI is InChI=1S/C22H24BrN3O3/c23-19-9-5-4-8-18(19)22(29)25-15-20(27)26-12-10-17(11-13-26)21(28)24-14-16-6-2-1-3-7-16/h1-9,17H,10-15H2,(H,24,28)(H,25,29). The van der Waals surface area contributed by atoms with Crippen LogP contribution in [0.15, 0.2) is 59.1 Å². The van der Waals surface area contributed by atoms with Gasteiger partial charge in [0.15, 0.2) is 0 Å². The molecule has 0 atom stereocenters. The number of nitrogens with zero attached hydrogens (tertiary/aromatic N) is 1. The second kappa shape index (κ2) is 10.2. The van der Waals surface area contributed by atoms with E-state index in [4.69, 9.17) is 0 Å². The maximum atomic E-state index is 12.4. The molecule has 0 aromatic heterocycles. The first-order valence-corrected chi connectivity index (χ1v) is 10.5. The van der Waals surface area contributed by atoms with Crippen molar-refractivity contribution in [3.05, 3.63) is 70.2 Å². The van der Waals surface area contributed by atoms with Gasteiger partial charge in [-0.1, -0.05) is 42.5 Å². The fraction of sp³-hybridized carbons (Fsp3) is 0.318. The highest BCUT2D eigenvalue weighted by molar-refractivity contribution is 9.10. The number of benzene rings is 2. The molecule has 1 aliphatic rings. The van der Waals surface area contributed by atoms with Gasteiger partial charge in [0.1, 0.15) is 0 Å². The number of likely N-dealkylation sites (tertiary alicyclic amines) is 1. The molecule has 2 aromatic rings. The normalized spacial score (nSPS) is 14.3. The molecule has 0 saturated carbocycles. The zero-order chi connectivity index (χ0) is 20.6. The second-order valence-corrected chi connectivity index (χ2v) is 7.88. The Balaban J connectivity index is 1.40. The Bertz CT molecular complexity index is 865. The Kier molecular flexibility index (Phi) is 7.41. The molecule has 7 heteroatoms. The number of carbonyl (C=O) groups excluding carboxylic acids is 3. The van der Waals surface area contributed by atoms with E-state index in [1.165, 1.54) is 0 Å². The number of rotatable bonds is 6. The third-order valence-electron chi connectivity index (χ3n) is 5.05. The van der Waals surface area contributed by atoms with Gasteiger partial charge in [-0.05, 0) is 46.5 Å². The van der Waals surface area contributed by atoms with Gasteiger partial charge in [-0.3, -0.25) is 14.4 Å². The number of halogens is 1. The summed E-state index contributed by atoms with van der Waals surface area (Å²) < 4.78 is 0.687. The van der Waals surface area contributed by atoms with E-state index in [0.717, 1.165) is 5.56 Å². The number of nitrogens with one attached hydrogen (secondary N) is 2. The van der Waals surface area contributed by atoms with Gasteiger partial charge < -0.3 is 15.5 Å². The molecule has 0 spiro atoms. The fourth-order valence-corrected chi connectivity index (χ4v) is 3.79. The summed E-state index contributed by atoms with van der Waals surface area (Å²) in [6.07, 6.45) is 1.26. The highest BCUT2D eigenvalue weighted by Crippen LogP contribution is 2.18. The molecule has 0 aliphatic carbocycles. The molecule has 1 fully saturated rings. The lowest BCUT2D eigenvalue weighted by atomic mass is 9.95. The van der Waals surface area contributed by atoms with Crippen LogP contribution in [0, 0.1) is 5.92 Å². The molecule has 1 heterocycles. The summed E-state index contributed by atoms with van der Waals surface area (Å²) in [4.78, 5) is 38.7. The van der Waals surface area contributed by atoms with Gasteiger partial charge in [0.2, 0.25) is 11.8 Å². The molecule has 0 bridgehead atoms.